The summed E-state index contributed by atoms with van der Waals surface area (Å²) < 4.78 is 1.04. The first-order valence-corrected chi connectivity index (χ1v) is 6.66. The summed E-state index contributed by atoms with van der Waals surface area (Å²) in [6.45, 7) is 0.770. The number of carbonyl (C=O) groups is 1. The molecule has 0 aliphatic carbocycles. The van der Waals surface area contributed by atoms with Crippen LogP contribution in [0.4, 0.5) is 4.79 Å². The third kappa shape index (κ3) is 2.41. The molecular formula is C12H12IN3O2. The number of hydrogen-bond donors (Lipinski definition) is 1. The molecule has 6 heteroatoms. The van der Waals surface area contributed by atoms with Gasteiger partial charge in [0.1, 0.15) is 5.41 Å². The summed E-state index contributed by atoms with van der Waals surface area (Å²) in [6.07, 6.45) is 1.78. The molecule has 0 saturated carbocycles. The molecule has 1 fully saturated rings. The second-order valence-corrected chi connectivity index (χ2v) is 5.57. The fourth-order valence-electron chi connectivity index (χ4n) is 2.17. The van der Waals surface area contributed by atoms with Crippen molar-refractivity contribution in [2.75, 3.05) is 13.1 Å². The van der Waals surface area contributed by atoms with E-state index in [1.54, 1.807) is 6.20 Å². The Bertz CT molecular complexity index is 504. The number of aromatic nitrogens is 1. The number of rotatable bonds is 1. The molecule has 2 heterocycles. The van der Waals surface area contributed by atoms with Crippen molar-refractivity contribution in [1.29, 1.82) is 5.26 Å². The van der Waals surface area contributed by atoms with Crippen LogP contribution in [0.1, 0.15) is 18.5 Å². The zero-order valence-electron chi connectivity index (χ0n) is 9.64. The fraction of sp³-hybridized carbons (Fsp3) is 0.417. The third-order valence-corrected chi connectivity index (χ3v) is 3.98. The molecule has 1 amide bonds. The first-order valence-electron chi connectivity index (χ1n) is 5.58. The summed E-state index contributed by atoms with van der Waals surface area (Å²) in [5.41, 5.74) is 0.106. The Labute approximate surface area is 119 Å². The standard InChI is InChI=1S/C12H12IN3O2/c13-9-1-4-15-10(7-9)12(8-14)2-5-16(6-3-12)11(17)18/h1,4,7H,2-3,5-6H2,(H,17,18). The summed E-state index contributed by atoms with van der Waals surface area (Å²) in [7, 11) is 0. The average Bonchev–Trinajstić information content (AvgIpc) is 2.38. The molecule has 1 N–H and O–H groups in total. The van der Waals surface area contributed by atoms with Crippen molar-refractivity contribution in [3.8, 4) is 6.07 Å². The monoisotopic (exact) mass is 357 g/mol. The number of nitriles is 1. The van der Waals surface area contributed by atoms with Gasteiger partial charge in [0.25, 0.3) is 0 Å². The van der Waals surface area contributed by atoms with Crippen LogP contribution in [0.2, 0.25) is 0 Å². The summed E-state index contributed by atoms with van der Waals surface area (Å²) in [4.78, 5) is 16.5. The molecule has 94 valence electrons. The van der Waals surface area contributed by atoms with E-state index in [2.05, 4.69) is 33.6 Å². The van der Waals surface area contributed by atoms with Crippen LogP contribution >= 0.6 is 22.6 Å². The molecule has 0 atom stereocenters. The Balaban J connectivity index is 2.25. The van der Waals surface area contributed by atoms with Gasteiger partial charge in [-0.1, -0.05) is 0 Å². The number of carboxylic acid groups (broad SMARTS) is 1. The van der Waals surface area contributed by atoms with E-state index in [-0.39, 0.29) is 0 Å². The first-order chi connectivity index (χ1) is 8.57. The Kier molecular flexibility index (Phi) is 3.71. The van der Waals surface area contributed by atoms with Gasteiger partial charge >= 0.3 is 6.09 Å². The maximum absolute atomic E-state index is 10.9. The van der Waals surface area contributed by atoms with Gasteiger partial charge in [-0.25, -0.2) is 4.79 Å². The van der Waals surface area contributed by atoms with Gasteiger partial charge in [-0.15, -0.1) is 0 Å². The lowest BCUT2D eigenvalue weighted by Gasteiger charge is -2.35. The Morgan fingerprint density at radius 1 is 1.56 bits per heavy atom. The summed E-state index contributed by atoms with van der Waals surface area (Å²) in [6, 6.07) is 6.11. The highest BCUT2D eigenvalue weighted by Crippen LogP contribution is 2.34. The summed E-state index contributed by atoms with van der Waals surface area (Å²) >= 11 is 2.19. The second-order valence-electron chi connectivity index (χ2n) is 4.32. The molecule has 1 aliphatic rings. The van der Waals surface area contributed by atoms with Crippen molar-refractivity contribution < 1.29 is 9.90 Å². The molecule has 0 aromatic carbocycles. The van der Waals surface area contributed by atoms with E-state index in [1.165, 1.54) is 4.90 Å². The maximum atomic E-state index is 10.9. The van der Waals surface area contributed by atoms with Gasteiger partial charge in [-0.2, -0.15) is 5.26 Å². The molecule has 5 nitrogen and oxygen atoms in total. The van der Waals surface area contributed by atoms with E-state index in [0.29, 0.717) is 25.9 Å². The summed E-state index contributed by atoms with van der Waals surface area (Å²) in [5.74, 6) is 0. The van der Waals surface area contributed by atoms with E-state index < -0.39 is 11.5 Å². The van der Waals surface area contributed by atoms with Crippen molar-refractivity contribution in [3.63, 3.8) is 0 Å². The third-order valence-electron chi connectivity index (χ3n) is 3.31. The van der Waals surface area contributed by atoms with Crippen LogP contribution in [0, 0.1) is 14.9 Å². The van der Waals surface area contributed by atoms with Gasteiger partial charge in [0.2, 0.25) is 0 Å². The number of pyridine rings is 1. The van der Waals surface area contributed by atoms with Gasteiger partial charge in [-0.3, -0.25) is 4.98 Å². The number of hydrogen-bond acceptors (Lipinski definition) is 3. The van der Waals surface area contributed by atoms with E-state index in [1.807, 2.05) is 12.1 Å². The van der Waals surface area contributed by atoms with Crippen molar-refractivity contribution in [3.05, 3.63) is 27.6 Å². The van der Waals surface area contributed by atoms with Crippen LogP contribution in [0.3, 0.4) is 0 Å². The van der Waals surface area contributed by atoms with Crippen LogP contribution in [-0.2, 0) is 5.41 Å². The normalized spacial score (nSPS) is 18.1. The van der Waals surface area contributed by atoms with E-state index in [0.717, 1.165) is 9.26 Å². The minimum atomic E-state index is -0.919. The predicted molar refractivity (Wildman–Crippen MR) is 73.1 cm³/mol. The molecule has 1 aromatic rings. The highest BCUT2D eigenvalue weighted by atomic mass is 127. The van der Waals surface area contributed by atoms with E-state index in [9.17, 15) is 10.1 Å². The molecule has 1 aliphatic heterocycles. The highest BCUT2D eigenvalue weighted by molar-refractivity contribution is 14.1. The first kappa shape index (κ1) is 13.1. The van der Waals surface area contributed by atoms with Gasteiger partial charge in [-0.05, 0) is 47.6 Å². The van der Waals surface area contributed by atoms with E-state index in [4.69, 9.17) is 5.11 Å². The zero-order chi connectivity index (χ0) is 13.2. The number of nitrogens with zero attached hydrogens (tertiary/aromatic N) is 3. The maximum Gasteiger partial charge on any atom is 0.407 e. The SMILES string of the molecule is N#CC1(c2cc(I)ccn2)CCN(C(=O)O)CC1. The van der Waals surface area contributed by atoms with Crippen LogP contribution in [0.5, 0.6) is 0 Å². The predicted octanol–water partition coefficient (Wildman–Crippen LogP) is 2.22. The van der Waals surface area contributed by atoms with Gasteiger partial charge in [0, 0.05) is 22.9 Å². The molecule has 0 unspecified atom stereocenters. The minimum absolute atomic E-state index is 0.385. The van der Waals surface area contributed by atoms with Gasteiger partial charge < -0.3 is 10.0 Å². The fourth-order valence-corrected chi connectivity index (χ4v) is 2.63. The number of likely N-dealkylation sites (tertiary alicyclic amines) is 1. The zero-order valence-corrected chi connectivity index (χ0v) is 11.8. The van der Waals surface area contributed by atoms with Crippen LogP contribution in [0.15, 0.2) is 18.3 Å². The lowest BCUT2D eigenvalue weighted by Crippen LogP contribution is -2.44. The lowest BCUT2D eigenvalue weighted by molar-refractivity contribution is 0.124. The topological polar surface area (TPSA) is 77.2 Å². The largest absolute Gasteiger partial charge is 0.465 e. The minimum Gasteiger partial charge on any atom is -0.465 e. The van der Waals surface area contributed by atoms with Crippen molar-refractivity contribution in [2.45, 2.75) is 18.3 Å². The Morgan fingerprint density at radius 2 is 2.22 bits per heavy atom. The smallest absolute Gasteiger partial charge is 0.407 e. The lowest BCUT2D eigenvalue weighted by atomic mass is 9.77. The van der Waals surface area contributed by atoms with Crippen molar-refractivity contribution in [1.82, 2.24) is 9.88 Å². The van der Waals surface area contributed by atoms with Gasteiger partial charge in [0.05, 0.1) is 11.8 Å². The molecule has 0 bridgehead atoms. The number of halogens is 1. The highest BCUT2D eigenvalue weighted by Gasteiger charge is 2.39. The van der Waals surface area contributed by atoms with Crippen LogP contribution in [-0.4, -0.2) is 34.2 Å². The average molecular weight is 357 g/mol. The molecule has 1 saturated heterocycles. The molecule has 2 rings (SSSR count). The van der Waals surface area contributed by atoms with Crippen molar-refractivity contribution in [2.24, 2.45) is 0 Å². The van der Waals surface area contributed by atoms with Gasteiger partial charge in [0.15, 0.2) is 0 Å². The molecule has 1 aromatic heterocycles. The van der Waals surface area contributed by atoms with Crippen molar-refractivity contribution >= 4 is 28.7 Å². The molecule has 0 radical (unpaired) electrons. The quantitative estimate of drug-likeness (QED) is 0.782. The Hall–Kier alpha value is -1.36. The molecule has 0 spiro atoms. The molecule has 18 heavy (non-hydrogen) atoms. The number of amides is 1. The van der Waals surface area contributed by atoms with E-state index >= 15 is 0 Å². The molecular weight excluding hydrogens is 345 g/mol. The summed E-state index contributed by atoms with van der Waals surface area (Å²) in [5, 5.41) is 18.4. The Morgan fingerprint density at radius 3 is 2.72 bits per heavy atom. The second kappa shape index (κ2) is 5.10. The van der Waals surface area contributed by atoms with Crippen LogP contribution < -0.4 is 0 Å². The number of piperidine rings is 1. The van der Waals surface area contributed by atoms with Crippen LogP contribution in [0.25, 0.3) is 0 Å².